The summed E-state index contributed by atoms with van der Waals surface area (Å²) >= 11 is 0. The predicted octanol–water partition coefficient (Wildman–Crippen LogP) is 2.19. The van der Waals surface area contributed by atoms with Crippen LogP contribution in [0, 0.1) is 5.92 Å². The van der Waals surface area contributed by atoms with Gasteiger partial charge in [0.2, 0.25) is 5.91 Å². The maximum atomic E-state index is 13.0. The van der Waals surface area contributed by atoms with E-state index in [0.29, 0.717) is 18.7 Å². The van der Waals surface area contributed by atoms with Crippen molar-refractivity contribution in [3.8, 4) is 0 Å². The Bertz CT molecular complexity index is 767. The highest BCUT2D eigenvalue weighted by Crippen LogP contribution is 2.23. The van der Waals surface area contributed by atoms with Crippen LogP contribution in [0.1, 0.15) is 30.1 Å². The van der Waals surface area contributed by atoms with Gasteiger partial charge in [0.05, 0.1) is 12.0 Å². The number of nitrogens with one attached hydrogen (secondary N) is 1. The van der Waals surface area contributed by atoms with Gasteiger partial charge in [-0.15, -0.1) is 0 Å². The molecule has 0 aliphatic carbocycles. The molecule has 2 N–H and O–H groups in total. The monoisotopic (exact) mass is 340 g/mol. The Morgan fingerprint density at radius 2 is 2.00 bits per heavy atom. The molecule has 1 saturated heterocycles. The smallest absolute Gasteiger partial charge is 0.254 e. The molecule has 5 nitrogen and oxygen atoms in total. The minimum Gasteiger partial charge on any atom is -0.392 e. The standard InChI is InChI=1S/C20H24N2O3/c1-14(23)12-21-19(24)16-8-5-11-22(13-16)20(25)18-10-4-7-15-6-2-3-9-17(15)18/h2-4,6-7,9-10,14,16,23H,5,8,11-13H2,1H3,(H,21,24). The lowest BCUT2D eigenvalue weighted by Gasteiger charge is -2.32. The first-order valence-corrected chi connectivity index (χ1v) is 8.79. The quantitative estimate of drug-likeness (QED) is 0.896. The molecule has 0 bridgehead atoms. The number of carbonyl (C=O) groups is 2. The molecule has 2 atom stereocenters. The SMILES string of the molecule is CC(O)CNC(=O)C1CCCN(C(=O)c2cccc3ccccc23)C1. The Kier molecular flexibility index (Phi) is 5.34. The van der Waals surface area contributed by atoms with Gasteiger partial charge in [0.25, 0.3) is 5.91 Å². The second-order valence-corrected chi connectivity index (χ2v) is 6.71. The van der Waals surface area contributed by atoms with E-state index in [2.05, 4.69) is 5.32 Å². The Morgan fingerprint density at radius 1 is 1.24 bits per heavy atom. The average Bonchev–Trinajstić information content (AvgIpc) is 2.65. The lowest BCUT2D eigenvalue weighted by molar-refractivity contribution is -0.126. The number of aliphatic hydroxyl groups excluding tert-OH is 1. The molecule has 2 unspecified atom stereocenters. The maximum absolute atomic E-state index is 13.0. The van der Waals surface area contributed by atoms with Crippen LogP contribution in [0.5, 0.6) is 0 Å². The number of carbonyl (C=O) groups excluding carboxylic acids is 2. The molecule has 0 aromatic heterocycles. The van der Waals surface area contributed by atoms with Crippen molar-refractivity contribution in [1.29, 1.82) is 0 Å². The van der Waals surface area contributed by atoms with Crippen molar-refractivity contribution in [2.75, 3.05) is 19.6 Å². The molecule has 1 heterocycles. The van der Waals surface area contributed by atoms with E-state index in [1.54, 1.807) is 11.8 Å². The van der Waals surface area contributed by atoms with E-state index in [9.17, 15) is 14.7 Å². The molecular weight excluding hydrogens is 316 g/mol. The topological polar surface area (TPSA) is 69.6 Å². The summed E-state index contributed by atoms with van der Waals surface area (Å²) in [5.41, 5.74) is 0.683. The summed E-state index contributed by atoms with van der Waals surface area (Å²) in [5.74, 6) is -0.326. The van der Waals surface area contributed by atoms with Crippen LogP contribution in [0.25, 0.3) is 10.8 Å². The van der Waals surface area contributed by atoms with E-state index in [-0.39, 0.29) is 24.3 Å². The molecule has 1 aliphatic heterocycles. The highest BCUT2D eigenvalue weighted by Gasteiger charge is 2.29. The number of nitrogens with zero attached hydrogens (tertiary/aromatic N) is 1. The Hall–Kier alpha value is -2.40. The first-order valence-electron chi connectivity index (χ1n) is 8.79. The van der Waals surface area contributed by atoms with Crippen molar-refractivity contribution >= 4 is 22.6 Å². The Labute approximate surface area is 147 Å². The number of aliphatic hydroxyl groups is 1. The van der Waals surface area contributed by atoms with Crippen molar-refractivity contribution in [3.63, 3.8) is 0 Å². The molecule has 0 saturated carbocycles. The second-order valence-electron chi connectivity index (χ2n) is 6.71. The average molecular weight is 340 g/mol. The molecule has 25 heavy (non-hydrogen) atoms. The van der Waals surface area contributed by atoms with Crippen LogP contribution in [-0.2, 0) is 4.79 Å². The Morgan fingerprint density at radius 3 is 2.80 bits per heavy atom. The fourth-order valence-electron chi connectivity index (χ4n) is 3.35. The molecular formula is C20H24N2O3. The first kappa shape index (κ1) is 17.4. The summed E-state index contributed by atoms with van der Waals surface area (Å²) in [6.45, 7) is 2.97. The summed E-state index contributed by atoms with van der Waals surface area (Å²) in [6, 6.07) is 13.6. The summed E-state index contributed by atoms with van der Waals surface area (Å²) in [4.78, 5) is 27.0. The van der Waals surface area contributed by atoms with E-state index < -0.39 is 6.10 Å². The van der Waals surface area contributed by atoms with Gasteiger partial charge in [0.1, 0.15) is 0 Å². The fourth-order valence-corrected chi connectivity index (χ4v) is 3.35. The highest BCUT2D eigenvalue weighted by molar-refractivity contribution is 6.07. The third kappa shape index (κ3) is 3.99. The molecule has 1 fully saturated rings. The third-order valence-electron chi connectivity index (χ3n) is 4.67. The van der Waals surface area contributed by atoms with Gasteiger partial charge in [-0.1, -0.05) is 36.4 Å². The number of benzene rings is 2. The second kappa shape index (κ2) is 7.66. The van der Waals surface area contributed by atoms with E-state index in [0.717, 1.165) is 23.6 Å². The summed E-state index contributed by atoms with van der Waals surface area (Å²) in [7, 11) is 0. The van der Waals surface area contributed by atoms with Gasteiger partial charge < -0.3 is 15.3 Å². The minimum absolute atomic E-state index is 0.0233. The zero-order valence-electron chi connectivity index (χ0n) is 14.4. The normalized spacial score (nSPS) is 18.8. The van der Waals surface area contributed by atoms with Crippen molar-refractivity contribution < 1.29 is 14.7 Å². The van der Waals surface area contributed by atoms with Crippen LogP contribution in [0.15, 0.2) is 42.5 Å². The van der Waals surface area contributed by atoms with Crippen molar-refractivity contribution in [2.45, 2.75) is 25.9 Å². The van der Waals surface area contributed by atoms with Gasteiger partial charge in [0, 0.05) is 25.2 Å². The number of hydrogen-bond acceptors (Lipinski definition) is 3. The van der Waals surface area contributed by atoms with Crippen LogP contribution < -0.4 is 5.32 Å². The van der Waals surface area contributed by atoms with Crippen molar-refractivity contribution in [3.05, 3.63) is 48.0 Å². The number of amides is 2. The molecule has 2 aromatic rings. The largest absolute Gasteiger partial charge is 0.392 e. The predicted molar refractivity (Wildman–Crippen MR) is 97.3 cm³/mol. The molecule has 2 amide bonds. The van der Waals surface area contributed by atoms with Gasteiger partial charge in [-0.3, -0.25) is 9.59 Å². The molecule has 0 spiro atoms. The first-order chi connectivity index (χ1) is 12.1. The molecule has 3 rings (SSSR count). The van der Waals surface area contributed by atoms with Crippen LogP contribution in [0.4, 0.5) is 0 Å². The van der Waals surface area contributed by atoms with Gasteiger partial charge in [0.15, 0.2) is 0 Å². The zero-order chi connectivity index (χ0) is 17.8. The summed E-state index contributed by atoms with van der Waals surface area (Å²) in [6.07, 6.45) is 1.01. The third-order valence-corrected chi connectivity index (χ3v) is 4.67. The van der Waals surface area contributed by atoms with Crippen molar-refractivity contribution in [1.82, 2.24) is 10.2 Å². The molecule has 0 radical (unpaired) electrons. The zero-order valence-corrected chi connectivity index (χ0v) is 14.4. The minimum atomic E-state index is -0.569. The molecule has 5 heteroatoms. The Balaban J connectivity index is 1.74. The van der Waals surface area contributed by atoms with Crippen LogP contribution in [0.3, 0.4) is 0 Å². The number of fused-ring (bicyclic) bond motifs is 1. The van der Waals surface area contributed by atoms with E-state index in [4.69, 9.17) is 0 Å². The number of likely N-dealkylation sites (tertiary alicyclic amines) is 1. The lowest BCUT2D eigenvalue weighted by atomic mass is 9.95. The van der Waals surface area contributed by atoms with Gasteiger partial charge in [-0.2, -0.15) is 0 Å². The lowest BCUT2D eigenvalue weighted by Crippen LogP contribution is -2.46. The van der Waals surface area contributed by atoms with Gasteiger partial charge in [-0.05, 0) is 36.6 Å². The fraction of sp³-hybridized carbons (Fsp3) is 0.400. The van der Waals surface area contributed by atoms with E-state index in [1.807, 2.05) is 42.5 Å². The molecule has 132 valence electrons. The number of hydrogen-bond donors (Lipinski definition) is 2. The highest BCUT2D eigenvalue weighted by atomic mass is 16.3. The van der Waals surface area contributed by atoms with Crippen LogP contribution >= 0.6 is 0 Å². The van der Waals surface area contributed by atoms with E-state index in [1.165, 1.54) is 0 Å². The van der Waals surface area contributed by atoms with Gasteiger partial charge in [-0.25, -0.2) is 0 Å². The summed E-state index contributed by atoms with van der Waals surface area (Å²) in [5, 5.41) is 14.0. The van der Waals surface area contributed by atoms with Crippen LogP contribution in [-0.4, -0.2) is 47.6 Å². The van der Waals surface area contributed by atoms with Crippen molar-refractivity contribution in [2.24, 2.45) is 5.92 Å². The maximum Gasteiger partial charge on any atom is 0.254 e. The summed E-state index contributed by atoms with van der Waals surface area (Å²) < 4.78 is 0. The van der Waals surface area contributed by atoms with E-state index >= 15 is 0 Å². The number of piperidine rings is 1. The number of rotatable bonds is 4. The molecule has 2 aromatic carbocycles. The molecule has 1 aliphatic rings. The van der Waals surface area contributed by atoms with Crippen LogP contribution in [0.2, 0.25) is 0 Å². The van der Waals surface area contributed by atoms with Gasteiger partial charge >= 0.3 is 0 Å².